The number of carboxylic acids is 1. The molecule has 0 spiro atoms. The minimum Gasteiger partial charge on any atom is -0.480 e. The minimum atomic E-state index is -1.06. The monoisotopic (exact) mass is 501 g/mol. The molecule has 200 valence electrons. The Balaban J connectivity index is 1.33. The third kappa shape index (κ3) is 5.12. The van der Waals surface area contributed by atoms with Crippen LogP contribution in [0.5, 0.6) is 0 Å². The number of rotatable bonds is 8. The van der Waals surface area contributed by atoms with E-state index < -0.39 is 17.9 Å². The van der Waals surface area contributed by atoms with Crippen molar-refractivity contribution in [3.63, 3.8) is 0 Å². The van der Waals surface area contributed by atoms with E-state index in [0.717, 1.165) is 44.9 Å². The van der Waals surface area contributed by atoms with Crippen LogP contribution in [-0.2, 0) is 23.9 Å². The molecule has 0 aromatic carbocycles. The number of hydrogen-bond acceptors (Lipinski definition) is 5. The largest absolute Gasteiger partial charge is 0.480 e. The number of carboxylic acid groups (broad SMARTS) is 1. The summed E-state index contributed by atoms with van der Waals surface area (Å²) in [4.78, 5) is 48.4. The van der Waals surface area contributed by atoms with Crippen LogP contribution in [0.2, 0.25) is 0 Å². The molecule has 7 atom stereocenters. The summed E-state index contributed by atoms with van der Waals surface area (Å²) in [5, 5.41) is 11.9. The second-order valence-corrected chi connectivity index (χ2v) is 12.7. The van der Waals surface area contributed by atoms with Gasteiger partial charge in [0.1, 0.15) is 12.1 Å². The Bertz CT molecular complexity index is 940. The lowest BCUT2D eigenvalue weighted by Gasteiger charge is -2.57. The number of aliphatic carboxylic acids is 1. The Kier molecular flexibility index (Phi) is 7.68. The van der Waals surface area contributed by atoms with Gasteiger partial charge in [0.2, 0.25) is 5.91 Å². The van der Waals surface area contributed by atoms with E-state index in [1.165, 1.54) is 5.57 Å². The maximum atomic E-state index is 12.7. The van der Waals surface area contributed by atoms with Crippen molar-refractivity contribution in [2.24, 2.45) is 34.5 Å². The molecule has 0 bridgehead atoms. The number of amides is 1. The topological polar surface area (TPSA) is 110 Å². The fourth-order valence-corrected chi connectivity index (χ4v) is 8.10. The van der Waals surface area contributed by atoms with Crippen molar-refractivity contribution in [3.8, 4) is 0 Å². The second kappa shape index (κ2) is 10.3. The van der Waals surface area contributed by atoms with E-state index in [1.54, 1.807) is 0 Å². The highest BCUT2D eigenvalue weighted by Crippen LogP contribution is 2.65. The molecular formula is C29H43NO6. The third-order valence-corrected chi connectivity index (χ3v) is 10.0. The van der Waals surface area contributed by atoms with Crippen LogP contribution in [0.3, 0.4) is 0 Å². The summed E-state index contributed by atoms with van der Waals surface area (Å²) in [6, 6.07) is -0.937. The van der Waals surface area contributed by atoms with E-state index in [0.29, 0.717) is 30.6 Å². The van der Waals surface area contributed by atoms with E-state index in [4.69, 9.17) is 4.74 Å². The van der Waals surface area contributed by atoms with Crippen molar-refractivity contribution >= 4 is 23.6 Å². The zero-order chi connectivity index (χ0) is 26.3. The maximum absolute atomic E-state index is 12.7. The van der Waals surface area contributed by atoms with E-state index in [2.05, 4.69) is 19.2 Å². The molecule has 7 nitrogen and oxygen atoms in total. The van der Waals surface area contributed by atoms with Gasteiger partial charge in [-0.15, -0.1) is 0 Å². The summed E-state index contributed by atoms with van der Waals surface area (Å²) in [6.07, 6.45) is 9.81. The molecule has 4 rings (SSSR count). The highest BCUT2D eigenvalue weighted by atomic mass is 16.5. The van der Waals surface area contributed by atoms with E-state index in [-0.39, 0.29) is 47.4 Å². The summed E-state index contributed by atoms with van der Waals surface area (Å²) < 4.78 is 5.99. The van der Waals surface area contributed by atoms with Gasteiger partial charge in [-0.05, 0) is 86.5 Å². The molecule has 0 aromatic rings. The number of ketones is 1. The lowest BCUT2D eigenvalue weighted by molar-refractivity contribution is -0.160. The molecule has 2 N–H and O–H groups in total. The van der Waals surface area contributed by atoms with Gasteiger partial charge in [-0.25, -0.2) is 4.79 Å². The van der Waals surface area contributed by atoms with Crippen molar-refractivity contribution < 1.29 is 29.0 Å². The first-order valence-corrected chi connectivity index (χ1v) is 13.9. The lowest BCUT2D eigenvalue weighted by Crippen LogP contribution is -2.51. The van der Waals surface area contributed by atoms with Gasteiger partial charge in [0.25, 0.3) is 0 Å². The molecule has 7 heteroatoms. The summed E-state index contributed by atoms with van der Waals surface area (Å²) in [5.41, 5.74) is 1.44. The van der Waals surface area contributed by atoms with Gasteiger partial charge < -0.3 is 15.2 Å². The van der Waals surface area contributed by atoms with Crippen LogP contribution in [0.15, 0.2) is 11.6 Å². The van der Waals surface area contributed by atoms with Crippen molar-refractivity contribution in [1.82, 2.24) is 5.32 Å². The average molecular weight is 502 g/mol. The fourth-order valence-electron chi connectivity index (χ4n) is 8.10. The van der Waals surface area contributed by atoms with Crippen LogP contribution in [0.4, 0.5) is 0 Å². The summed E-state index contributed by atoms with van der Waals surface area (Å²) in [6.45, 7) is 8.47. The van der Waals surface area contributed by atoms with Crippen LogP contribution < -0.4 is 5.32 Å². The molecule has 3 fully saturated rings. The Hall–Kier alpha value is -2.18. The number of nitrogens with one attached hydrogen (secondary N) is 1. The number of carbonyl (C=O) groups is 4. The molecule has 1 amide bonds. The SMILES string of the molecule is CC(C)CC(NC(=O)CCC(=O)OC1CCC2C3CCC4=CC(=O)CCC4(C)C3CCC12C)C(=O)O. The molecule has 4 aliphatic rings. The predicted octanol–water partition coefficient (Wildman–Crippen LogP) is 4.83. The zero-order valence-corrected chi connectivity index (χ0v) is 22.3. The van der Waals surface area contributed by atoms with Crippen LogP contribution in [0.1, 0.15) is 98.3 Å². The Morgan fingerprint density at radius 2 is 1.81 bits per heavy atom. The van der Waals surface area contributed by atoms with Crippen molar-refractivity contribution in [1.29, 1.82) is 0 Å². The molecule has 36 heavy (non-hydrogen) atoms. The first kappa shape index (κ1) is 26.9. The van der Waals surface area contributed by atoms with Gasteiger partial charge in [-0.1, -0.05) is 33.3 Å². The van der Waals surface area contributed by atoms with Gasteiger partial charge >= 0.3 is 11.9 Å². The quantitative estimate of drug-likeness (QED) is 0.461. The number of allylic oxidation sites excluding steroid dienone is 1. The maximum Gasteiger partial charge on any atom is 0.326 e. The standard InChI is InChI=1S/C29H43NO6/c1-17(2)15-23(27(34)35)30-25(32)9-10-26(33)36-24-8-7-21-20-6-5-18-16-19(31)11-13-28(18,3)22(20)12-14-29(21,24)4/h16-17,20-24H,5-15H2,1-4H3,(H,30,32)(H,34,35). The first-order valence-electron chi connectivity index (χ1n) is 13.9. The normalized spacial score (nSPS) is 36.2. The lowest BCUT2D eigenvalue weighted by atomic mass is 9.47. The van der Waals surface area contributed by atoms with E-state index in [9.17, 15) is 24.3 Å². The molecule has 0 radical (unpaired) electrons. The summed E-state index contributed by atoms with van der Waals surface area (Å²) >= 11 is 0. The second-order valence-electron chi connectivity index (χ2n) is 12.7. The van der Waals surface area contributed by atoms with Gasteiger partial charge in [0.15, 0.2) is 5.78 Å². The van der Waals surface area contributed by atoms with E-state index in [1.807, 2.05) is 19.9 Å². The molecule has 0 saturated heterocycles. The molecular weight excluding hydrogens is 458 g/mol. The number of hydrogen-bond donors (Lipinski definition) is 2. The molecule has 0 aliphatic heterocycles. The number of ether oxygens (including phenoxy) is 1. The van der Waals surface area contributed by atoms with Crippen molar-refractivity contribution in [2.45, 2.75) is 110 Å². The Morgan fingerprint density at radius 1 is 1.06 bits per heavy atom. The fraction of sp³-hybridized carbons (Fsp3) is 0.793. The zero-order valence-electron chi connectivity index (χ0n) is 22.3. The molecule has 0 heterocycles. The number of fused-ring (bicyclic) bond motifs is 5. The highest BCUT2D eigenvalue weighted by Gasteiger charge is 2.59. The van der Waals surface area contributed by atoms with Crippen molar-refractivity contribution in [2.75, 3.05) is 0 Å². The summed E-state index contributed by atoms with van der Waals surface area (Å²) in [7, 11) is 0. The third-order valence-electron chi connectivity index (χ3n) is 10.0. The molecule has 4 aliphatic carbocycles. The molecule has 7 unspecified atom stereocenters. The smallest absolute Gasteiger partial charge is 0.326 e. The van der Waals surface area contributed by atoms with Crippen LogP contribution in [0, 0.1) is 34.5 Å². The van der Waals surface area contributed by atoms with Gasteiger partial charge in [0.05, 0.1) is 6.42 Å². The van der Waals surface area contributed by atoms with Crippen LogP contribution in [-0.4, -0.2) is 40.9 Å². The van der Waals surface area contributed by atoms with Crippen molar-refractivity contribution in [3.05, 3.63) is 11.6 Å². The minimum absolute atomic E-state index is 0.0383. The van der Waals surface area contributed by atoms with E-state index >= 15 is 0 Å². The van der Waals surface area contributed by atoms with Gasteiger partial charge in [-0.3, -0.25) is 14.4 Å². The molecule has 3 saturated carbocycles. The first-order chi connectivity index (χ1) is 16.9. The number of esters is 1. The number of carbonyl (C=O) groups excluding carboxylic acids is 3. The Morgan fingerprint density at radius 3 is 2.50 bits per heavy atom. The highest BCUT2D eigenvalue weighted by molar-refractivity contribution is 5.91. The average Bonchev–Trinajstić information content (AvgIpc) is 3.13. The van der Waals surface area contributed by atoms with Gasteiger partial charge in [-0.2, -0.15) is 0 Å². The summed E-state index contributed by atoms with van der Waals surface area (Å²) in [5.74, 6) is 0.263. The van der Waals surface area contributed by atoms with Crippen LogP contribution >= 0.6 is 0 Å². The predicted molar refractivity (Wildman–Crippen MR) is 135 cm³/mol. The molecule has 0 aromatic heterocycles. The van der Waals surface area contributed by atoms with Gasteiger partial charge in [0, 0.05) is 18.3 Å². The Labute approximate surface area is 214 Å². The van der Waals surface area contributed by atoms with Crippen LogP contribution in [0.25, 0.3) is 0 Å².